The molecule has 10 heteroatoms. The Bertz CT molecular complexity index is 1410. The lowest BCUT2D eigenvalue weighted by Gasteiger charge is -2.42. The summed E-state index contributed by atoms with van der Waals surface area (Å²) >= 11 is 0. The Morgan fingerprint density at radius 2 is 1.53 bits per heavy atom. The summed E-state index contributed by atoms with van der Waals surface area (Å²) in [5.41, 5.74) is 7.84. The Balaban J connectivity index is 1.76. The van der Waals surface area contributed by atoms with Gasteiger partial charge < -0.3 is 35.0 Å². The van der Waals surface area contributed by atoms with Crippen molar-refractivity contribution in [1.29, 1.82) is 0 Å². The Morgan fingerprint density at radius 3 is 2.02 bits per heavy atom. The third-order valence-electron chi connectivity index (χ3n) is 8.94. The number of hydrogen-bond acceptors (Lipinski definition) is 6. The van der Waals surface area contributed by atoms with E-state index in [2.05, 4.69) is 5.32 Å². The molecule has 244 valence electrons. The van der Waals surface area contributed by atoms with Crippen LogP contribution in [0.4, 0.5) is 0 Å². The Morgan fingerprint density at radius 1 is 0.978 bits per heavy atom. The summed E-state index contributed by atoms with van der Waals surface area (Å²) in [4.78, 5) is 35.1. The van der Waals surface area contributed by atoms with E-state index in [1.807, 2.05) is 81.4 Å². The van der Waals surface area contributed by atoms with E-state index in [1.165, 1.54) is 6.07 Å². The van der Waals surface area contributed by atoms with Gasteiger partial charge in [-0.1, -0.05) is 66.7 Å². The lowest BCUT2D eigenvalue weighted by Crippen LogP contribution is -2.53. The molecule has 9 nitrogen and oxygen atoms in total. The molecule has 0 bridgehead atoms. The lowest BCUT2D eigenvalue weighted by molar-refractivity contribution is -0.940. The third-order valence-corrected chi connectivity index (χ3v) is 9.37. The first-order valence-electron chi connectivity index (χ1n) is 15.8. The molecule has 0 radical (unpaired) electrons. The van der Waals surface area contributed by atoms with Crippen molar-refractivity contribution < 1.29 is 33.3 Å². The minimum Gasteiger partial charge on any atom is -0.746 e. The molecular formula is C35H48N3O6P. The van der Waals surface area contributed by atoms with Gasteiger partial charge in [0.25, 0.3) is 0 Å². The topological polar surface area (TPSA) is 145 Å². The molecule has 45 heavy (non-hydrogen) atoms. The second kappa shape index (κ2) is 14.6. The third kappa shape index (κ3) is 9.26. The number of hydrogen-bond donors (Lipinski definition) is 4. The van der Waals surface area contributed by atoms with Gasteiger partial charge in [-0.3, -0.25) is 9.36 Å². The molecule has 0 aliphatic carbocycles. The number of nitrogens with two attached hydrogens (primary N) is 1. The Kier molecular flexibility index (Phi) is 11.3. The van der Waals surface area contributed by atoms with Gasteiger partial charge >= 0.3 is 7.82 Å². The fourth-order valence-electron chi connectivity index (χ4n) is 6.56. The molecular weight excluding hydrogens is 589 g/mol. The predicted molar refractivity (Wildman–Crippen MR) is 174 cm³/mol. The van der Waals surface area contributed by atoms with Crippen LogP contribution in [0.5, 0.6) is 5.75 Å². The number of rotatable bonds is 13. The molecule has 2 atom stereocenters. The largest absolute Gasteiger partial charge is 0.746 e. The Hall–Kier alpha value is -3.04. The van der Waals surface area contributed by atoms with Gasteiger partial charge in [-0.25, -0.2) is 0 Å². The Labute approximate surface area is 267 Å². The van der Waals surface area contributed by atoms with E-state index in [9.17, 15) is 24.3 Å². The number of quaternary nitrogens is 1. The van der Waals surface area contributed by atoms with E-state index in [-0.39, 0.29) is 11.3 Å². The first kappa shape index (κ1) is 34.8. The number of aliphatic hydroxyl groups is 1. The minimum atomic E-state index is -5.10. The second-order valence-corrected chi connectivity index (χ2v) is 14.5. The number of nitrogens with one attached hydrogen (secondary N) is 1. The molecule has 3 aromatic rings. The summed E-state index contributed by atoms with van der Waals surface area (Å²) in [6.45, 7) is 8.94. The molecule has 0 aromatic heterocycles. The summed E-state index contributed by atoms with van der Waals surface area (Å²) < 4.78 is 17.6. The zero-order chi connectivity index (χ0) is 32.7. The number of β-amino-alcohol motifs (C(OH)–C–C–N with tert-alkyl or cyclic N) is 1. The molecule has 1 aliphatic rings. The van der Waals surface area contributed by atoms with Gasteiger partial charge in [0.1, 0.15) is 17.7 Å². The minimum absolute atomic E-state index is 0.0320. The van der Waals surface area contributed by atoms with E-state index in [4.69, 9.17) is 10.3 Å². The van der Waals surface area contributed by atoms with Crippen LogP contribution in [0.2, 0.25) is 0 Å². The van der Waals surface area contributed by atoms with Gasteiger partial charge in [-0.15, -0.1) is 0 Å². The van der Waals surface area contributed by atoms with E-state index in [0.29, 0.717) is 41.7 Å². The van der Waals surface area contributed by atoms with Gasteiger partial charge in [0.15, 0.2) is 0 Å². The van der Waals surface area contributed by atoms with Gasteiger partial charge in [-0.2, -0.15) is 0 Å². The molecule has 1 heterocycles. The number of aliphatic hydroxyl groups excluding tert-OH is 1. The van der Waals surface area contributed by atoms with Crippen molar-refractivity contribution in [1.82, 2.24) is 5.32 Å². The van der Waals surface area contributed by atoms with Crippen LogP contribution >= 0.6 is 7.82 Å². The highest BCUT2D eigenvalue weighted by atomic mass is 31.2. The number of nitrogens with zero attached hydrogens (tertiary/aromatic N) is 1. The van der Waals surface area contributed by atoms with E-state index >= 15 is 0 Å². The van der Waals surface area contributed by atoms with Gasteiger partial charge in [-0.05, 0) is 75.3 Å². The fourth-order valence-corrected chi connectivity index (χ4v) is 6.99. The SMILES string of the molecule is CC(C)(C)NCC(O)c1ccc(OP(=O)([O-])O)c(C[N+]2(CCC(C(N)=O)(c3ccccc3)c3ccccc3)CCCCCC2)c1. The number of amides is 1. The summed E-state index contributed by atoms with van der Waals surface area (Å²) in [5.74, 6) is -0.398. The number of likely N-dealkylation sites (tertiary alicyclic amines) is 1. The maximum absolute atomic E-state index is 13.6. The van der Waals surface area contributed by atoms with Crippen molar-refractivity contribution in [3.8, 4) is 5.75 Å². The van der Waals surface area contributed by atoms with Crippen LogP contribution in [-0.4, -0.2) is 52.1 Å². The predicted octanol–water partition coefficient (Wildman–Crippen LogP) is 4.70. The molecule has 0 spiro atoms. The molecule has 2 unspecified atom stereocenters. The summed E-state index contributed by atoms with van der Waals surface area (Å²) in [5, 5.41) is 14.3. The molecule has 3 aromatic carbocycles. The van der Waals surface area contributed by atoms with Crippen LogP contribution in [0.15, 0.2) is 78.9 Å². The number of phosphoric acid groups is 1. The van der Waals surface area contributed by atoms with Crippen LogP contribution in [-0.2, 0) is 21.3 Å². The highest BCUT2D eigenvalue weighted by Crippen LogP contribution is 2.40. The lowest BCUT2D eigenvalue weighted by atomic mass is 9.71. The maximum atomic E-state index is 13.6. The monoisotopic (exact) mass is 637 g/mol. The zero-order valence-corrected chi connectivity index (χ0v) is 27.5. The highest BCUT2D eigenvalue weighted by molar-refractivity contribution is 7.45. The number of carbonyl (C=O) groups excluding carboxylic acids is 1. The number of benzene rings is 3. The number of carbonyl (C=O) groups is 1. The zero-order valence-electron chi connectivity index (χ0n) is 26.7. The molecule has 0 saturated carbocycles. The maximum Gasteiger partial charge on any atom is 0.317 e. The molecule has 1 aliphatic heterocycles. The number of phosphoric ester groups is 1. The van der Waals surface area contributed by atoms with E-state index in [0.717, 1.165) is 49.9 Å². The van der Waals surface area contributed by atoms with Gasteiger partial charge in [0.2, 0.25) is 5.91 Å². The average Bonchev–Trinajstić information content (AvgIpc) is 3.23. The fraction of sp³-hybridized carbons (Fsp3) is 0.457. The van der Waals surface area contributed by atoms with Crippen molar-refractivity contribution in [2.75, 3.05) is 26.2 Å². The average molecular weight is 638 g/mol. The molecule has 4 rings (SSSR count). The van der Waals surface area contributed by atoms with Crippen LogP contribution in [0.1, 0.15) is 81.2 Å². The first-order chi connectivity index (χ1) is 21.2. The van der Waals surface area contributed by atoms with Crippen LogP contribution in [0, 0.1) is 0 Å². The summed E-state index contributed by atoms with van der Waals surface area (Å²) in [6, 6.07) is 24.2. The van der Waals surface area contributed by atoms with Crippen molar-refractivity contribution in [3.05, 3.63) is 101 Å². The van der Waals surface area contributed by atoms with Gasteiger partial charge in [0.05, 0.1) is 25.7 Å². The normalized spacial score (nSPS) is 17.6. The van der Waals surface area contributed by atoms with Crippen LogP contribution < -0.4 is 20.5 Å². The molecule has 1 amide bonds. The smallest absolute Gasteiger partial charge is 0.317 e. The van der Waals surface area contributed by atoms with E-state index in [1.54, 1.807) is 12.1 Å². The van der Waals surface area contributed by atoms with Crippen molar-refractivity contribution in [3.63, 3.8) is 0 Å². The summed E-state index contributed by atoms with van der Waals surface area (Å²) in [7, 11) is -5.10. The standard InChI is InChI=1S/C35H48N3O6P/c1-34(2,3)37-25-31(39)27-18-19-32(44-45(41,42)43)28(24-27)26-38(21-12-4-5-13-22-38)23-20-35(33(36)40,29-14-8-6-9-15-29)30-16-10-7-11-17-30/h6-11,14-19,24,31,37,39H,4-5,12-13,20-23,25-26H2,1-3H3,(H3-,36,40,41,42,43). The number of primary amides is 1. The van der Waals surface area contributed by atoms with Crippen LogP contribution in [0.3, 0.4) is 0 Å². The van der Waals surface area contributed by atoms with Crippen molar-refractivity contribution in [2.45, 2.75) is 76.5 Å². The van der Waals surface area contributed by atoms with E-state index < -0.39 is 25.2 Å². The second-order valence-electron chi connectivity index (χ2n) is 13.4. The molecule has 1 fully saturated rings. The summed E-state index contributed by atoms with van der Waals surface area (Å²) in [6.07, 6.45) is 3.67. The highest BCUT2D eigenvalue weighted by Gasteiger charge is 2.43. The van der Waals surface area contributed by atoms with Crippen LogP contribution in [0.25, 0.3) is 0 Å². The van der Waals surface area contributed by atoms with Gasteiger partial charge in [0, 0.05) is 24.1 Å². The first-order valence-corrected chi connectivity index (χ1v) is 17.3. The quantitative estimate of drug-likeness (QED) is 0.157. The van der Waals surface area contributed by atoms with Crippen molar-refractivity contribution >= 4 is 13.7 Å². The molecule has 5 N–H and O–H groups in total. The molecule has 1 saturated heterocycles. The van der Waals surface area contributed by atoms with Crippen molar-refractivity contribution in [2.24, 2.45) is 5.73 Å².